The minimum atomic E-state index is 0. The molecule has 0 aliphatic heterocycles. The zero-order chi connectivity index (χ0) is 9.36. The molecule has 1 rings (SSSR count). The molecule has 0 N–H and O–H groups in total. The maximum atomic E-state index is 2.28. The predicted molar refractivity (Wildman–Crippen MR) is 59.8 cm³/mol. The van der Waals surface area contributed by atoms with Crippen LogP contribution < -0.4 is 18.9 Å². The summed E-state index contributed by atoms with van der Waals surface area (Å²) in [6.07, 6.45) is 17.8. The van der Waals surface area contributed by atoms with E-state index in [0.29, 0.717) is 0 Å². The molecular weight excluding hydrogens is 163 g/mol. The number of rotatable bonds is 7. The molecular formula is C13H22Li+. The van der Waals surface area contributed by atoms with Gasteiger partial charge in [-0.25, -0.2) is 0 Å². The van der Waals surface area contributed by atoms with E-state index in [0.717, 1.165) is 0 Å². The van der Waals surface area contributed by atoms with Gasteiger partial charge >= 0.3 is 18.9 Å². The monoisotopic (exact) mass is 185 g/mol. The van der Waals surface area contributed by atoms with Crippen molar-refractivity contribution in [3.63, 3.8) is 0 Å². The summed E-state index contributed by atoms with van der Waals surface area (Å²) in [5, 5.41) is 0. The van der Waals surface area contributed by atoms with Crippen LogP contribution in [0.1, 0.15) is 58.3 Å². The first kappa shape index (κ1) is 14.1. The molecule has 0 fully saturated rings. The molecule has 0 saturated heterocycles. The van der Waals surface area contributed by atoms with Crippen LogP contribution in [-0.4, -0.2) is 0 Å². The molecule has 74 valence electrons. The van der Waals surface area contributed by atoms with E-state index in [1.165, 1.54) is 51.4 Å². The molecule has 0 unspecified atom stereocenters. The minimum Gasteiger partial charge on any atom is -0.0805 e. The normalized spacial score (nSPS) is 13.9. The minimum absolute atomic E-state index is 0. The van der Waals surface area contributed by atoms with Crippen LogP contribution in [0.3, 0.4) is 0 Å². The van der Waals surface area contributed by atoms with Gasteiger partial charge in [0.25, 0.3) is 0 Å². The molecule has 0 saturated carbocycles. The molecule has 1 aliphatic rings. The van der Waals surface area contributed by atoms with Crippen molar-refractivity contribution in [3.8, 4) is 0 Å². The van der Waals surface area contributed by atoms with Crippen molar-refractivity contribution in [2.24, 2.45) is 0 Å². The fourth-order valence-corrected chi connectivity index (χ4v) is 1.81. The van der Waals surface area contributed by atoms with E-state index in [-0.39, 0.29) is 18.9 Å². The van der Waals surface area contributed by atoms with Gasteiger partial charge in [0.2, 0.25) is 0 Å². The van der Waals surface area contributed by atoms with Crippen LogP contribution in [0, 0.1) is 0 Å². The van der Waals surface area contributed by atoms with Gasteiger partial charge in [-0.3, -0.25) is 0 Å². The molecule has 0 nitrogen and oxygen atoms in total. The van der Waals surface area contributed by atoms with E-state index in [1.807, 2.05) is 0 Å². The van der Waals surface area contributed by atoms with Crippen molar-refractivity contribution in [1.29, 1.82) is 0 Å². The average Bonchev–Trinajstić information content (AvgIpc) is 2.63. The molecule has 0 amide bonds. The molecule has 0 atom stereocenters. The summed E-state index contributed by atoms with van der Waals surface area (Å²) in [7, 11) is 0. The predicted octanol–water partition coefficient (Wildman–Crippen LogP) is 1.63. The van der Waals surface area contributed by atoms with Gasteiger partial charge in [-0.1, -0.05) is 62.8 Å². The van der Waals surface area contributed by atoms with Crippen molar-refractivity contribution < 1.29 is 18.9 Å². The third kappa shape index (κ3) is 6.52. The first-order valence-corrected chi connectivity index (χ1v) is 5.78. The molecule has 0 aromatic carbocycles. The van der Waals surface area contributed by atoms with Gasteiger partial charge in [0.1, 0.15) is 0 Å². The maximum absolute atomic E-state index is 2.28. The van der Waals surface area contributed by atoms with E-state index in [1.54, 1.807) is 5.57 Å². The molecule has 1 aliphatic carbocycles. The smallest absolute Gasteiger partial charge is 0.0805 e. The van der Waals surface area contributed by atoms with E-state index in [2.05, 4.69) is 25.2 Å². The molecule has 0 spiro atoms. The zero-order valence-electron chi connectivity index (χ0n) is 9.89. The SMILES string of the molecule is CCCCCCCCC1=CC=CC1.[Li+]. The van der Waals surface area contributed by atoms with Gasteiger partial charge in [0.05, 0.1) is 0 Å². The Labute approximate surface area is 101 Å². The molecule has 0 radical (unpaired) electrons. The largest absolute Gasteiger partial charge is 1.00 e. The van der Waals surface area contributed by atoms with Crippen molar-refractivity contribution in [2.75, 3.05) is 0 Å². The van der Waals surface area contributed by atoms with Crippen molar-refractivity contribution in [3.05, 3.63) is 23.8 Å². The maximum Gasteiger partial charge on any atom is 1.00 e. The Morgan fingerprint density at radius 3 is 2.43 bits per heavy atom. The van der Waals surface area contributed by atoms with Crippen LogP contribution in [0.4, 0.5) is 0 Å². The summed E-state index contributed by atoms with van der Waals surface area (Å²) in [5.74, 6) is 0. The van der Waals surface area contributed by atoms with Crippen LogP contribution in [0.5, 0.6) is 0 Å². The second kappa shape index (κ2) is 9.63. The molecule has 0 heterocycles. The van der Waals surface area contributed by atoms with E-state index < -0.39 is 0 Å². The second-order valence-corrected chi connectivity index (χ2v) is 3.97. The first-order valence-electron chi connectivity index (χ1n) is 5.78. The van der Waals surface area contributed by atoms with Crippen LogP contribution in [0.15, 0.2) is 23.8 Å². The Hall–Kier alpha value is 0.0774. The topological polar surface area (TPSA) is 0 Å². The third-order valence-corrected chi connectivity index (χ3v) is 2.70. The summed E-state index contributed by atoms with van der Waals surface area (Å²) in [6.45, 7) is 2.27. The van der Waals surface area contributed by atoms with E-state index >= 15 is 0 Å². The summed E-state index contributed by atoms with van der Waals surface area (Å²) in [4.78, 5) is 0. The van der Waals surface area contributed by atoms with Crippen molar-refractivity contribution in [1.82, 2.24) is 0 Å². The number of hydrogen-bond acceptors (Lipinski definition) is 0. The average molecular weight is 185 g/mol. The van der Waals surface area contributed by atoms with Crippen LogP contribution in [-0.2, 0) is 0 Å². The summed E-state index contributed by atoms with van der Waals surface area (Å²) in [6, 6.07) is 0. The number of unbranched alkanes of at least 4 members (excludes halogenated alkanes) is 5. The molecule has 1 heteroatoms. The Morgan fingerprint density at radius 1 is 1.07 bits per heavy atom. The van der Waals surface area contributed by atoms with Gasteiger partial charge < -0.3 is 0 Å². The van der Waals surface area contributed by atoms with Crippen LogP contribution in [0.2, 0.25) is 0 Å². The standard InChI is InChI=1S/C13H22.Li/c1-2-3-4-5-6-7-10-13-11-8-9-12-13;/h8-9,11H,2-7,10,12H2,1H3;/q;+1. The fraction of sp³-hybridized carbons (Fsp3) is 0.692. The Kier molecular flexibility index (Phi) is 9.68. The molecule has 0 bridgehead atoms. The summed E-state index contributed by atoms with van der Waals surface area (Å²) >= 11 is 0. The van der Waals surface area contributed by atoms with Crippen molar-refractivity contribution in [2.45, 2.75) is 58.3 Å². The summed E-state index contributed by atoms with van der Waals surface area (Å²) in [5.41, 5.74) is 1.63. The number of hydrogen-bond donors (Lipinski definition) is 0. The quantitative estimate of drug-likeness (QED) is 0.418. The number of allylic oxidation sites excluding steroid dienone is 4. The Morgan fingerprint density at radius 2 is 1.79 bits per heavy atom. The molecule has 0 aromatic rings. The van der Waals surface area contributed by atoms with Crippen LogP contribution >= 0.6 is 0 Å². The molecule has 14 heavy (non-hydrogen) atoms. The molecule has 0 aromatic heterocycles. The van der Waals surface area contributed by atoms with Crippen molar-refractivity contribution >= 4 is 0 Å². The van der Waals surface area contributed by atoms with E-state index in [9.17, 15) is 0 Å². The van der Waals surface area contributed by atoms with Crippen LogP contribution in [0.25, 0.3) is 0 Å². The van der Waals surface area contributed by atoms with Gasteiger partial charge in [-0.15, -0.1) is 0 Å². The zero-order valence-corrected chi connectivity index (χ0v) is 9.89. The Bertz CT molecular complexity index is 180. The Balaban J connectivity index is 0.00000169. The van der Waals surface area contributed by atoms with Gasteiger partial charge in [0.15, 0.2) is 0 Å². The van der Waals surface area contributed by atoms with Gasteiger partial charge in [0, 0.05) is 0 Å². The third-order valence-electron chi connectivity index (χ3n) is 2.70. The van der Waals surface area contributed by atoms with Gasteiger partial charge in [-0.05, 0) is 19.3 Å². The van der Waals surface area contributed by atoms with Gasteiger partial charge in [-0.2, -0.15) is 0 Å². The first-order chi connectivity index (χ1) is 6.43. The fourth-order valence-electron chi connectivity index (χ4n) is 1.81. The van der Waals surface area contributed by atoms with E-state index in [4.69, 9.17) is 0 Å². The second-order valence-electron chi connectivity index (χ2n) is 3.97. The summed E-state index contributed by atoms with van der Waals surface area (Å²) < 4.78 is 0.